The predicted octanol–water partition coefficient (Wildman–Crippen LogP) is 3.11. The molecule has 7 heteroatoms. The number of aliphatic hydroxyl groups is 1. The SMILES string of the molecule is C=CC(F)C(C)(O)C(NCC=Cc1ccc(-c2ccc(OC)cc2)cc1)C(=O)NO. The van der Waals surface area contributed by atoms with Gasteiger partial charge in [0.2, 0.25) is 0 Å². The van der Waals surface area contributed by atoms with E-state index in [0.717, 1.165) is 35.4 Å². The van der Waals surface area contributed by atoms with Gasteiger partial charge in [0.25, 0.3) is 5.91 Å². The lowest BCUT2D eigenvalue weighted by Gasteiger charge is -2.33. The maximum absolute atomic E-state index is 14.0. The molecule has 0 radical (unpaired) electrons. The van der Waals surface area contributed by atoms with Gasteiger partial charge in [0, 0.05) is 6.54 Å². The highest BCUT2D eigenvalue weighted by atomic mass is 19.1. The molecule has 0 fully saturated rings. The number of amides is 1. The van der Waals surface area contributed by atoms with Gasteiger partial charge in [-0.25, -0.2) is 9.87 Å². The number of hydroxylamine groups is 1. The normalized spacial score (nSPS) is 15.2. The Balaban J connectivity index is 2.01. The van der Waals surface area contributed by atoms with Gasteiger partial charge in [0.1, 0.15) is 23.6 Å². The highest BCUT2D eigenvalue weighted by Crippen LogP contribution is 2.23. The van der Waals surface area contributed by atoms with Crippen LogP contribution < -0.4 is 15.5 Å². The van der Waals surface area contributed by atoms with Gasteiger partial charge >= 0.3 is 0 Å². The Kier molecular flexibility index (Phi) is 8.29. The molecule has 0 heterocycles. The average molecular weight is 414 g/mol. The number of hydrogen-bond donors (Lipinski definition) is 4. The number of ether oxygens (including phenoxy) is 1. The second kappa shape index (κ2) is 10.7. The van der Waals surface area contributed by atoms with Crippen molar-refractivity contribution >= 4 is 12.0 Å². The lowest BCUT2D eigenvalue weighted by Crippen LogP contribution is -2.60. The quantitative estimate of drug-likeness (QED) is 0.272. The van der Waals surface area contributed by atoms with E-state index in [4.69, 9.17) is 9.94 Å². The monoisotopic (exact) mass is 414 g/mol. The summed E-state index contributed by atoms with van der Waals surface area (Å²) < 4.78 is 19.1. The topological polar surface area (TPSA) is 90.8 Å². The van der Waals surface area contributed by atoms with E-state index in [2.05, 4.69) is 11.9 Å². The van der Waals surface area contributed by atoms with Crippen LogP contribution in [0, 0.1) is 0 Å². The summed E-state index contributed by atoms with van der Waals surface area (Å²) >= 11 is 0. The van der Waals surface area contributed by atoms with Crippen molar-refractivity contribution in [2.45, 2.75) is 24.7 Å². The lowest BCUT2D eigenvalue weighted by atomic mass is 9.90. The van der Waals surface area contributed by atoms with E-state index >= 15 is 0 Å². The third-order valence-corrected chi connectivity index (χ3v) is 4.81. The maximum Gasteiger partial charge on any atom is 0.263 e. The zero-order valence-corrected chi connectivity index (χ0v) is 17.0. The molecular formula is C23H27FN2O4. The highest BCUT2D eigenvalue weighted by molar-refractivity contribution is 5.82. The van der Waals surface area contributed by atoms with Gasteiger partial charge in [0.15, 0.2) is 0 Å². The standard InChI is InChI=1S/C23H27FN2O4/c1-4-20(24)23(2,28)21(22(27)26-29)25-15-5-6-16-7-9-17(10-8-16)18-11-13-19(30-3)14-12-18/h4-14,20-21,25,28-29H,1,15H2,2-3H3,(H,26,27). The molecule has 3 unspecified atom stereocenters. The third kappa shape index (κ3) is 5.76. The first-order valence-electron chi connectivity index (χ1n) is 9.40. The van der Waals surface area contributed by atoms with Crippen molar-refractivity contribution in [2.75, 3.05) is 13.7 Å². The van der Waals surface area contributed by atoms with Crippen molar-refractivity contribution in [3.8, 4) is 16.9 Å². The number of carbonyl (C=O) groups is 1. The fourth-order valence-electron chi connectivity index (χ4n) is 2.98. The molecule has 2 aromatic carbocycles. The van der Waals surface area contributed by atoms with Gasteiger partial charge in [-0.3, -0.25) is 15.3 Å². The number of hydrogen-bond acceptors (Lipinski definition) is 5. The summed E-state index contributed by atoms with van der Waals surface area (Å²) in [5.41, 5.74) is 2.41. The molecule has 2 rings (SSSR count). The van der Waals surface area contributed by atoms with Gasteiger partial charge in [0.05, 0.1) is 7.11 Å². The molecule has 0 bridgehead atoms. The second-order valence-corrected chi connectivity index (χ2v) is 6.93. The van der Waals surface area contributed by atoms with E-state index in [1.54, 1.807) is 13.2 Å². The van der Waals surface area contributed by atoms with Crippen molar-refractivity contribution in [3.05, 3.63) is 72.8 Å². The minimum atomic E-state index is -2.08. The first kappa shape index (κ1) is 23.3. The van der Waals surface area contributed by atoms with Crippen LogP contribution in [0.25, 0.3) is 17.2 Å². The molecule has 0 saturated heterocycles. The summed E-state index contributed by atoms with van der Waals surface area (Å²) in [5.74, 6) is -0.146. The smallest absolute Gasteiger partial charge is 0.263 e. The fourth-order valence-corrected chi connectivity index (χ4v) is 2.98. The Morgan fingerprint density at radius 3 is 2.27 bits per heavy atom. The summed E-state index contributed by atoms with van der Waals surface area (Å²) in [4.78, 5) is 11.8. The molecule has 0 saturated carbocycles. The van der Waals surface area contributed by atoms with Crippen LogP contribution in [0.1, 0.15) is 12.5 Å². The first-order valence-corrected chi connectivity index (χ1v) is 9.40. The molecule has 2 aromatic rings. The van der Waals surface area contributed by atoms with Crippen LogP contribution in [0.5, 0.6) is 5.75 Å². The molecule has 1 amide bonds. The van der Waals surface area contributed by atoms with E-state index in [9.17, 15) is 14.3 Å². The van der Waals surface area contributed by atoms with Crippen LogP contribution in [0.2, 0.25) is 0 Å². The van der Waals surface area contributed by atoms with Gasteiger partial charge < -0.3 is 9.84 Å². The van der Waals surface area contributed by atoms with Crippen molar-refractivity contribution < 1.29 is 24.2 Å². The van der Waals surface area contributed by atoms with Crippen molar-refractivity contribution in [3.63, 3.8) is 0 Å². The third-order valence-electron chi connectivity index (χ3n) is 4.81. The van der Waals surface area contributed by atoms with E-state index < -0.39 is 23.7 Å². The molecule has 6 nitrogen and oxygen atoms in total. The van der Waals surface area contributed by atoms with Crippen LogP contribution in [-0.2, 0) is 4.79 Å². The first-order chi connectivity index (χ1) is 14.3. The summed E-state index contributed by atoms with van der Waals surface area (Å²) in [7, 11) is 1.62. The van der Waals surface area contributed by atoms with Gasteiger partial charge in [-0.15, -0.1) is 6.58 Å². The maximum atomic E-state index is 14.0. The Morgan fingerprint density at radius 2 is 1.77 bits per heavy atom. The number of halogens is 1. The molecule has 3 atom stereocenters. The van der Waals surface area contributed by atoms with Crippen LogP contribution in [0.4, 0.5) is 4.39 Å². The summed E-state index contributed by atoms with van der Waals surface area (Å²) in [6, 6.07) is 14.2. The Morgan fingerprint density at radius 1 is 1.20 bits per heavy atom. The Hall–Kier alpha value is -3.00. The molecular weight excluding hydrogens is 387 g/mol. The second-order valence-electron chi connectivity index (χ2n) is 6.93. The van der Waals surface area contributed by atoms with E-state index in [1.807, 2.05) is 54.6 Å². The van der Waals surface area contributed by atoms with Gasteiger partial charge in [-0.05, 0) is 35.7 Å². The molecule has 0 aliphatic heterocycles. The zero-order chi connectivity index (χ0) is 22.1. The van der Waals surface area contributed by atoms with Crippen LogP contribution in [-0.4, -0.2) is 47.7 Å². The van der Waals surface area contributed by atoms with Crippen LogP contribution >= 0.6 is 0 Å². The average Bonchev–Trinajstić information content (AvgIpc) is 2.78. The van der Waals surface area contributed by atoms with Crippen molar-refractivity contribution in [1.29, 1.82) is 0 Å². The van der Waals surface area contributed by atoms with E-state index in [0.29, 0.717) is 0 Å². The number of rotatable bonds is 10. The molecule has 0 aliphatic carbocycles. The number of carbonyl (C=O) groups excluding carboxylic acids is 1. The number of alkyl halides is 1. The molecule has 0 aliphatic rings. The van der Waals surface area contributed by atoms with Crippen LogP contribution in [0.15, 0.2) is 67.3 Å². The largest absolute Gasteiger partial charge is 0.497 e. The molecule has 160 valence electrons. The highest BCUT2D eigenvalue weighted by Gasteiger charge is 2.42. The number of benzene rings is 2. The zero-order valence-electron chi connectivity index (χ0n) is 17.0. The van der Waals surface area contributed by atoms with Crippen LogP contribution in [0.3, 0.4) is 0 Å². The molecule has 0 spiro atoms. The molecule has 30 heavy (non-hydrogen) atoms. The molecule has 4 N–H and O–H groups in total. The summed E-state index contributed by atoms with van der Waals surface area (Å²) in [5, 5.41) is 21.9. The fraction of sp³-hybridized carbons (Fsp3) is 0.261. The van der Waals surface area contributed by atoms with Crippen molar-refractivity contribution in [1.82, 2.24) is 10.8 Å². The minimum Gasteiger partial charge on any atom is -0.497 e. The Bertz CT molecular complexity index is 864. The Labute approximate surface area is 175 Å². The van der Waals surface area contributed by atoms with E-state index in [-0.39, 0.29) is 6.54 Å². The summed E-state index contributed by atoms with van der Waals surface area (Å²) in [6.45, 7) is 4.62. The van der Waals surface area contributed by atoms with Gasteiger partial charge in [-0.2, -0.15) is 0 Å². The minimum absolute atomic E-state index is 0.165. The predicted molar refractivity (Wildman–Crippen MR) is 115 cm³/mol. The lowest BCUT2D eigenvalue weighted by molar-refractivity contribution is -0.140. The van der Waals surface area contributed by atoms with Gasteiger partial charge in [-0.1, -0.05) is 54.6 Å². The number of methoxy groups -OCH3 is 1. The van der Waals surface area contributed by atoms with Crippen molar-refractivity contribution in [2.24, 2.45) is 0 Å². The summed E-state index contributed by atoms with van der Waals surface area (Å²) in [6.07, 6.45) is 2.60. The van der Waals surface area contributed by atoms with E-state index in [1.165, 1.54) is 5.48 Å². The number of nitrogens with one attached hydrogen (secondary N) is 2. The molecule has 0 aromatic heterocycles.